The third-order valence-electron chi connectivity index (χ3n) is 5.31. The Hall–Kier alpha value is -1.51. The summed E-state index contributed by atoms with van der Waals surface area (Å²) in [5.41, 5.74) is 7.63. The first-order valence-electron chi connectivity index (χ1n) is 8.32. The molecule has 1 aliphatic heterocycles. The molecule has 21 heavy (non-hydrogen) atoms. The van der Waals surface area contributed by atoms with Gasteiger partial charge in [0.2, 0.25) is 5.91 Å². The van der Waals surface area contributed by atoms with Crippen molar-refractivity contribution in [3.8, 4) is 0 Å². The Balaban J connectivity index is 1.74. The van der Waals surface area contributed by atoms with Crippen LogP contribution in [0.15, 0.2) is 24.3 Å². The fraction of sp³-hybridized carbons (Fsp3) is 0.611. The summed E-state index contributed by atoms with van der Waals surface area (Å²) in [5.74, 6) is 0.940. The number of nitrogens with zero attached hydrogens (tertiary/aromatic N) is 1. The van der Waals surface area contributed by atoms with Crippen LogP contribution in [0.4, 0.5) is 5.69 Å². The number of likely N-dealkylation sites (tertiary alicyclic amines) is 1. The van der Waals surface area contributed by atoms with Crippen LogP contribution in [-0.2, 0) is 4.79 Å². The van der Waals surface area contributed by atoms with Crippen LogP contribution in [0.5, 0.6) is 0 Å². The molecular formula is C18H26N2O. The van der Waals surface area contributed by atoms with Crippen LogP contribution in [0.25, 0.3) is 0 Å². The van der Waals surface area contributed by atoms with E-state index in [0.29, 0.717) is 6.04 Å². The maximum absolute atomic E-state index is 12.9. The van der Waals surface area contributed by atoms with Gasteiger partial charge in [0, 0.05) is 18.3 Å². The summed E-state index contributed by atoms with van der Waals surface area (Å²) in [6.07, 6.45) is 7.65. The molecule has 3 rings (SSSR count). The van der Waals surface area contributed by atoms with Crippen LogP contribution in [0.2, 0.25) is 0 Å². The van der Waals surface area contributed by atoms with E-state index in [1.807, 2.05) is 31.2 Å². The fourth-order valence-electron chi connectivity index (χ4n) is 4.12. The van der Waals surface area contributed by atoms with E-state index in [1.54, 1.807) is 0 Å². The van der Waals surface area contributed by atoms with Gasteiger partial charge in [-0.2, -0.15) is 0 Å². The van der Waals surface area contributed by atoms with Crippen molar-refractivity contribution in [2.24, 2.45) is 5.92 Å². The van der Waals surface area contributed by atoms with Crippen LogP contribution >= 0.6 is 0 Å². The average molecular weight is 286 g/mol. The fourth-order valence-corrected chi connectivity index (χ4v) is 4.12. The Bertz CT molecular complexity index is 508. The molecule has 1 saturated carbocycles. The van der Waals surface area contributed by atoms with Crippen LogP contribution in [0, 0.1) is 5.92 Å². The van der Waals surface area contributed by atoms with Gasteiger partial charge in [0.05, 0.1) is 5.92 Å². The Labute approximate surface area is 127 Å². The topological polar surface area (TPSA) is 46.3 Å². The minimum atomic E-state index is -0.0875. The zero-order valence-corrected chi connectivity index (χ0v) is 12.9. The molecule has 2 fully saturated rings. The van der Waals surface area contributed by atoms with E-state index in [4.69, 9.17) is 5.73 Å². The number of hydrogen-bond donors (Lipinski definition) is 1. The van der Waals surface area contributed by atoms with Crippen LogP contribution < -0.4 is 5.73 Å². The molecule has 1 aliphatic carbocycles. The lowest BCUT2D eigenvalue weighted by Gasteiger charge is -2.31. The lowest BCUT2D eigenvalue weighted by Crippen LogP contribution is -2.41. The molecule has 1 aromatic rings. The second-order valence-electron chi connectivity index (χ2n) is 6.68. The zero-order chi connectivity index (χ0) is 14.8. The van der Waals surface area contributed by atoms with Gasteiger partial charge in [0.15, 0.2) is 0 Å². The molecule has 1 amide bonds. The van der Waals surface area contributed by atoms with E-state index in [2.05, 4.69) is 4.90 Å². The Kier molecular flexibility index (Phi) is 4.18. The molecule has 0 aromatic heterocycles. The molecule has 3 heteroatoms. The molecule has 0 radical (unpaired) electrons. The van der Waals surface area contributed by atoms with Gasteiger partial charge >= 0.3 is 0 Å². The minimum Gasteiger partial charge on any atom is -0.399 e. The van der Waals surface area contributed by atoms with Crippen molar-refractivity contribution in [2.45, 2.75) is 57.4 Å². The van der Waals surface area contributed by atoms with Gasteiger partial charge in [-0.1, -0.05) is 25.0 Å². The van der Waals surface area contributed by atoms with E-state index in [0.717, 1.165) is 30.1 Å². The highest BCUT2D eigenvalue weighted by atomic mass is 16.2. The summed E-state index contributed by atoms with van der Waals surface area (Å²) in [6.45, 7) is 2.95. The summed E-state index contributed by atoms with van der Waals surface area (Å²) < 4.78 is 0. The van der Waals surface area contributed by atoms with Gasteiger partial charge < -0.3 is 10.6 Å². The number of hydrogen-bond acceptors (Lipinski definition) is 2. The molecule has 0 bridgehead atoms. The average Bonchev–Trinajstić information content (AvgIpc) is 3.16. The molecule has 0 spiro atoms. The number of anilines is 1. The number of rotatable bonds is 3. The number of carbonyl (C=O) groups excluding carboxylic acids is 1. The van der Waals surface area contributed by atoms with Crippen molar-refractivity contribution in [1.82, 2.24) is 4.90 Å². The van der Waals surface area contributed by atoms with Crippen LogP contribution in [0.3, 0.4) is 0 Å². The van der Waals surface area contributed by atoms with Crippen molar-refractivity contribution >= 4 is 11.6 Å². The standard InChI is InChI=1S/C18H26N2O/c1-13(15-8-4-9-16(19)12-15)18(21)20-11-5-10-17(20)14-6-2-3-7-14/h4,8-9,12-14,17H,2-3,5-7,10-11,19H2,1H3. The van der Waals surface area contributed by atoms with Gasteiger partial charge in [0.25, 0.3) is 0 Å². The Morgan fingerprint density at radius 1 is 1.24 bits per heavy atom. The largest absolute Gasteiger partial charge is 0.399 e. The van der Waals surface area contributed by atoms with Gasteiger partial charge in [-0.3, -0.25) is 4.79 Å². The van der Waals surface area contributed by atoms with E-state index in [9.17, 15) is 4.79 Å². The van der Waals surface area contributed by atoms with Crippen LogP contribution in [-0.4, -0.2) is 23.4 Å². The number of amides is 1. The molecule has 2 aliphatic rings. The van der Waals surface area contributed by atoms with Crippen LogP contribution in [0.1, 0.15) is 56.9 Å². The number of nitrogen functional groups attached to an aromatic ring is 1. The predicted molar refractivity (Wildman–Crippen MR) is 86.0 cm³/mol. The monoisotopic (exact) mass is 286 g/mol. The zero-order valence-electron chi connectivity index (χ0n) is 12.9. The van der Waals surface area contributed by atoms with Gasteiger partial charge in [-0.15, -0.1) is 0 Å². The normalized spacial score (nSPS) is 24.4. The van der Waals surface area contributed by atoms with Crippen molar-refractivity contribution < 1.29 is 4.79 Å². The highest BCUT2D eigenvalue weighted by Crippen LogP contribution is 2.36. The first-order chi connectivity index (χ1) is 10.2. The second kappa shape index (κ2) is 6.08. The Morgan fingerprint density at radius 3 is 2.71 bits per heavy atom. The van der Waals surface area contributed by atoms with E-state index in [-0.39, 0.29) is 11.8 Å². The van der Waals surface area contributed by atoms with Crippen molar-refractivity contribution in [1.29, 1.82) is 0 Å². The molecule has 1 heterocycles. The lowest BCUT2D eigenvalue weighted by molar-refractivity contribution is -0.134. The predicted octanol–water partition coefficient (Wildman–Crippen LogP) is 3.55. The quantitative estimate of drug-likeness (QED) is 0.864. The summed E-state index contributed by atoms with van der Waals surface area (Å²) in [4.78, 5) is 15.1. The smallest absolute Gasteiger partial charge is 0.230 e. The molecule has 2 N–H and O–H groups in total. The third-order valence-corrected chi connectivity index (χ3v) is 5.31. The summed E-state index contributed by atoms with van der Waals surface area (Å²) in [5, 5.41) is 0. The SMILES string of the molecule is CC(C(=O)N1CCCC1C1CCCC1)c1cccc(N)c1. The molecule has 2 atom stereocenters. The van der Waals surface area contributed by atoms with Gasteiger partial charge in [-0.25, -0.2) is 0 Å². The highest BCUT2D eigenvalue weighted by Gasteiger charge is 2.37. The molecule has 1 aromatic carbocycles. The third kappa shape index (κ3) is 2.92. The van der Waals surface area contributed by atoms with Crippen molar-refractivity contribution in [3.63, 3.8) is 0 Å². The first-order valence-corrected chi connectivity index (χ1v) is 8.32. The van der Waals surface area contributed by atoms with Gasteiger partial charge in [-0.05, 0) is 56.2 Å². The first kappa shape index (κ1) is 14.4. The maximum atomic E-state index is 12.9. The van der Waals surface area contributed by atoms with E-state index in [1.165, 1.54) is 32.1 Å². The summed E-state index contributed by atoms with van der Waals surface area (Å²) >= 11 is 0. The van der Waals surface area contributed by atoms with E-state index >= 15 is 0 Å². The van der Waals surface area contributed by atoms with Crippen molar-refractivity contribution in [3.05, 3.63) is 29.8 Å². The number of benzene rings is 1. The molecule has 114 valence electrons. The lowest BCUT2D eigenvalue weighted by atomic mass is 9.94. The maximum Gasteiger partial charge on any atom is 0.230 e. The Morgan fingerprint density at radius 2 is 2.00 bits per heavy atom. The summed E-state index contributed by atoms with van der Waals surface area (Å²) in [6, 6.07) is 8.25. The number of nitrogens with two attached hydrogens (primary N) is 1. The highest BCUT2D eigenvalue weighted by molar-refractivity contribution is 5.84. The minimum absolute atomic E-state index is 0.0875. The van der Waals surface area contributed by atoms with Crippen molar-refractivity contribution in [2.75, 3.05) is 12.3 Å². The molecule has 3 nitrogen and oxygen atoms in total. The second-order valence-corrected chi connectivity index (χ2v) is 6.68. The van der Waals surface area contributed by atoms with E-state index < -0.39 is 0 Å². The molecular weight excluding hydrogens is 260 g/mol. The molecule has 1 saturated heterocycles. The molecule has 2 unspecified atom stereocenters. The number of carbonyl (C=O) groups is 1. The van der Waals surface area contributed by atoms with Gasteiger partial charge in [0.1, 0.15) is 0 Å². The summed E-state index contributed by atoms with van der Waals surface area (Å²) in [7, 11) is 0.